The number of unbranched alkanes of at least 4 members (excludes halogenated alkanes) is 1. The molecule has 8 heteroatoms. The van der Waals surface area contributed by atoms with Crippen LogP contribution in [0.15, 0.2) is 53.4 Å². The average molecular weight is 486 g/mol. The largest absolute Gasteiger partial charge is 0.344 e. The molecule has 0 aromatic heterocycles. The van der Waals surface area contributed by atoms with Crippen LogP contribution in [0.4, 0.5) is 5.69 Å². The first-order chi connectivity index (χ1) is 16.2. The van der Waals surface area contributed by atoms with E-state index in [-0.39, 0.29) is 35.7 Å². The van der Waals surface area contributed by atoms with Gasteiger partial charge in [0.15, 0.2) is 0 Å². The van der Waals surface area contributed by atoms with Gasteiger partial charge in [0.2, 0.25) is 21.8 Å². The fourth-order valence-electron chi connectivity index (χ4n) is 4.00. The van der Waals surface area contributed by atoms with Gasteiger partial charge < -0.3 is 10.6 Å². The number of piperidine rings is 1. The molecule has 0 spiro atoms. The van der Waals surface area contributed by atoms with Gasteiger partial charge in [-0.1, -0.05) is 43.2 Å². The summed E-state index contributed by atoms with van der Waals surface area (Å²) < 4.78 is 27.2. The molecule has 1 heterocycles. The SMILES string of the molecule is CCCCc1ccc(NC(=O)C(C)NC(=O)C2CCN(S(=O)(=O)c3ccc(C)cc3)CC2)cc1. The number of carbonyl (C=O) groups excluding carboxylic acids is 2. The Labute approximate surface area is 203 Å². The lowest BCUT2D eigenvalue weighted by Gasteiger charge is -2.31. The Morgan fingerprint density at radius 2 is 1.65 bits per heavy atom. The summed E-state index contributed by atoms with van der Waals surface area (Å²) >= 11 is 0. The van der Waals surface area contributed by atoms with Crippen molar-refractivity contribution in [2.45, 2.75) is 63.8 Å². The van der Waals surface area contributed by atoms with Crippen LogP contribution in [-0.2, 0) is 26.0 Å². The summed E-state index contributed by atoms with van der Waals surface area (Å²) in [6.07, 6.45) is 4.13. The predicted octanol–water partition coefficient (Wildman–Crippen LogP) is 3.88. The maximum Gasteiger partial charge on any atom is 0.246 e. The first-order valence-corrected chi connectivity index (χ1v) is 13.4. The van der Waals surface area contributed by atoms with E-state index in [9.17, 15) is 18.0 Å². The van der Waals surface area contributed by atoms with Gasteiger partial charge >= 0.3 is 0 Å². The molecule has 2 amide bonds. The summed E-state index contributed by atoms with van der Waals surface area (Å²) in [4.78, 5) is 25.5. The zero-order valence-corrected chi connectivity index (χ0v) is 21.0. The number of hydrogen-bond acceptors (Lipinski definition) is 4. The van der Waals surface area contributed by atoms with E-state index >= 15 is 0 Å². The van der Waals surface area contributed by atoms with Gasteiger partial charge in [-0.25, -0.2) is 8.42 Å². The van der Waals surface area contributed by atoms with Gasteiger partial charge in [-0.3, -0.25) is 9.59 Å². The maximum absolute atomic E-state index is 12.9. The highest BCUT2D eigenvalue weighted by atomic mass is 32.2. The maximum atomic E-state index is 12.9. The number of carbonyl (C=O) groups is 2. The lowest BCUT2D eigenvalue weighted by Crippen LogP contribution is -2.47. The predicted molar refractivity (Wildman–Crippen MR) is 134 cm³/mol. The molecule has 0 bridgehead atoms. The molecular weight excluding hydrogens is 450 g/mol. The summed E-state index contributed by atoms with van der Waals surface area (Å²) in [5.41, 5.74) is 2.93. The molecular formula is C26H35N3O4S. The first kappa shape index (κ1) is 25.9. The molecule has 1 fully saturated rings. The van der Waals surface area contributed by atoms with Crippen molar-refractivity contribution in [2.24, 2.45) is 5.92 Å². The van der Waals surface area contributed by atoms with Crippen molar-refractivity contribution < 1.29 is 18.0 Å². The van der Waals surface area contributed by atoms with E-state index < -0.39 is 16.1 Å². The second kappa shape index (κ2) is 11.6. The molecule has 7 nitrogen and oxygen atoms in total. The summed E-state index contributed by atoms with van der Waals surface area (Å²) in [5, 5.41) is 5.62. The molecule has 1 aliphatic rings. The average Bonchev–Trinajstić information content (AvgIpc) is 2.84. The summed E-state index contributed by atoms with van der Waals surface area (Å²) in [7, 11) is -3.57. The van der Waals surface area contributed by atoms with Crippen molar-refractivity contribution in [2.75, 3.05) is 18.4 Å². The minimum absolute atomic E-state index is 0.218. The Balaban J connectivity index is 1.48. The normalized spacial score (nSPS) is 16.1. The third-order valence-corrected chi connectivity index (χ3v) is 8.19. The lowest BCUT2D eigenvalue weighted by atomic mass is 9.97. The van der Waals surface area contributed by atoms with Crippen LogP contribution in [0.1, 0.15) is 50.7 Å². The van der Waals surface area contributed by atoms with Gasteiger partial charge in [-0.05, 0) is 69.4 Å². The van der Waals surface area contributed by atoms with E-state index in [1.165, 1.54) is 9.87 Å². The van der Waals surface area contributed by atoms with Crippen LogP contribution in [0.25, 0.3) is 0 Å². The van der Waals surface area contributed by atoms with E-state index in [1.54, 1.807) is 31.2 Å². The van der Waals surface area contributed by atoms with Gasteiger partial charge in [0.05, 0.1) is 4.90 Å². The van der Waals surface area contributed by atoms with Crippen LogP contribution in [0.5, 0.6) is 0 Å². The van der Waals surface area contributed by atoms with E-state index in [1.807, 2.05) is 31.2 Å². The highest BCUT2D eigenvalue weighted by Gasteiger charge is 2.32. The fraction of sp³-hybridized carbons (Fsp3) is 0.462. The monoisotopic (exact) mass is 485 g/mol. The second-order valence-electron chi connectivity index (χ2n) is 9.01. The first-order valence-electron chi connectivity index (χ1n) is 12.0. The molecule has 34 heavy (non-hydrogen) atoms. The Bertz CT molecular complexity index is 1070. The van der Waals surface area contributed by atoms with E-state index in [0.29, 0.717) is 18.5 Å². The standard InChI is InChI=1S/C26H35N3O4S/c1-4-5-6-21-9-11-23(12-10-21)28-25(30)20(3)27-26(31)22-15-17-29(18-16-22)34(32,33)24-13-7-19(2)8-14-24/h7-14,20,22H,4-6,15-18H2,1-3H3,(H,27,31)(H,28,30). The Morgan fingerprint density at radius 1 is 1.03 bits per heavy atom. The summed E-state index contributed by atoms with van der Waals surface area (Å²) in [5.74, 6) is -0.823. The molecule has 2 aromatic carbocycles. The van der Waals surface area contributed by atoms with Gasteiger partial charge in [-0.2, -0.15) is 4.31 Å². The van der Waals surface area contributed by atoms with E-state index in [2.05, 4.69) is 17.6 Å². The number of nitrogens with zero attached hydrogens (tertiary/aromatic N) is 1. The van der Waals surface area contributed by atoms with Gasteiger partial charge in [0.25, 0.3) is 0 Å². The summed E-state index contributed by atoms with van der Waals surface area (Å²) in [6, 6.07) is 13.9. The highest BCUT2D eigenvalue weighted by Crippen LogP contribution is 2.24. The van der Waals surface area contributed by atoms with Crippen LogP contribution >= 0.6 is 0 Å². The Hall–Kier alpha value is -2.71. The van der Waals surface area contributed by atoms with Crippen LogP contribution in [0.3, 0.4) is 0 Å². The van der Waals surface area contributed by atoms with Crippen LogP contribution in [-0.4, -0.2) is 43.7 Å². The Kier molecular flexibility index (Phi) is 8.85. The molecule has 0 saturated carbocycles. The number of rotatable bonds is 9. The molecule has 1 aliphatic heterocycles. The third-order valence-electron chi connectivity index (χ3n) is 6.28. The topological polar surface area (TPSA) is 95.6 Å². The number of anilines is 1. The zero-order chi connectivity index (χ0) is 24.7. The van der Waals surface area contributed by atoms with Gasteiger partial charge in [0.1, 0.15) is 6.04 Å². The minimum Gasteiger partial charge on any atom is -0.344 e. The molecule has 3 rings (SSSR count). The molecule has 1 saturated heterocycles. The highest BCUT2D eigenvalue weighted by molar-refractivity contribution is 7.89. The number of nitrogens with one attached hydrogen (secondary N) is 2. The van der Waals surface area contributed by atoms with Gasteiger partial charge in [-0.15, -0.1) is 0 Å². The van der Waals surface area contributed by atoms with Gasteiger partial charge in [0, 0.05) is 24.7 Å². The van der Waals surface area contributed by atoms with Crippen LogP contribution in [0.2, 0.25) is 0 Å². The van der Waals surface area contributed by atoms with Crippen molar-refractivity contribution in [1.29, 1.82) is 0 Å². The number of sulfonamides is 1. The van der Waals surface area contributed by atoms with Crippen molar-refractivity contribution in [3.05, 3.63) is 59.7 Å². The summed E-state index contributed by atoms with van der Waals surface area (Å²) in [6.45, 7) is 6.27. The minimum atomic E-state index is -3.57. The fourth-order valence-corrected chi connectivity index (χ4v) is 5.47. The van der Waals surface area contributed by atoms with Crippen molar-refractivity contribution in [1.82, 2.24) is 9.62 Å². The van der Waals surface area contributed by atoms with Crippen LogP contribution in [0, 0.1) is 12.8 Å². The number of aryl methyl sites for hydroxylation is 2. The van der Waals surface area contributed by atoms with E-state index in [4.69, 9.17) is 0 Å². The quantitative estimate of drug-likeness (QED) is 0.563. The van der Waals surface area contributed by atoms with Crippen molar-refractivity contribution >= 4 is 27.5 Å². The van der Waals surface area contributed by atoms with Crippen molar-refractivity contribution in [3.63, 3.8) is 0 Å². The molecule has 2 aromatic rings. The molecule has 0 aliphatic carbocycles. The molecule has 1 unspecified atom stereocenters. The lowest BCUT2D eigenvalue weighted by molar-refractivity contribution is -0.129. The third kappa shape index (κ3) is 6.67. The number of amides is 2. The number of benzene rings is 2. The Morgan fingerprint density at radius 3 is 2.24 bits per heavy atom. The molecule has 184 valence electrons. The van der Waals surface area contributed by atoms with E-state index in [0.717, 1.165) is 24.8 Å². The second-order valence-corrected chi connectivity index (χ2v) is 10.9. The molecule has 0 radical (unpaired) electrons. The molecule has 1 atom stereocenters. The smallest absolute Gasteiger partial charge is 0.246 e. The van der Waals surface area contributed by atoms with Crippen LogP contribution < -0.4 is 10.6 Å². The zero-order valence-electron chi connectivity index (χ0n) is 20.2. The number of hydrogen-bond donors (Lipinski definition) is 2. The van der Waals surface area contributed by atoms with Crippen molar-refractivity contribution in [3.8, 4) is 0 Å². The molecule has 2 N–H and O–H groups in total.